The van der Waals surface area contributed by atoms with Gasteiger partial charge in [-0.1, -0.05) is 18.2 Å². The maximum atomic E-state index is 12.7. The normalized spacial score (nSPS) is 11.8. The summed E-state index contributed by atoms with van der Waals surface area (Å²) >= 11 is 0. The third kappa shape index (κ3) is 3.07. The molecule has 0 radical (unpaired) electrons. The lowest BCUT2D eigenvalue weighted by Gasteiger charge is -2.14. The second-order valence-corrected chi connectivity index (χ2v) is 5.95. The molecule has 1 atom stereocenters. The molecule has 0 bridgehead atoms. The van der Waals surface area contributed by atoms with Crippen LogP contribution < -0.4 is 10.1 Å². The van der Waals surface area contributed by atoms with Crippen molar-refractivity contribution in [2.45, 2.75) is 12.8 Å². The average Bonchev–Trinajstić information content (AvgIpc) is 2.98. The molecule has 25 heavy (non-hydrogen) atoms. The molecule has 126 valence electrons. The molecule has 0 fully saturated rings. The maximum absolute atomic E-state index is 12.7. The van der Waals surface area contributed by atoms with E-state index in [1.54, 1.807) is 18.2 Å². The van der Waals surface area contributed by atoms with Gasteiger partial charge in [-0.3, -0.25) is 4.79 Å². The number of carbonyl (C=O) groups excluding carboxylic acids is 1. The van der Waals surface area contributed by atoms with Crippen molar-refractivity contribution in [2.24, 2.45) is 7.05 Å². The Labute approximate surface area is 146 Å². The minimum Gasteiger partial charge on any atom is -0.495 e. The minimum absolute atomic E-state index is 0.126. The highest BCUT2D eigenvalue weighted by molar-refractivity contribution is 6.00. The molecule has 5 heteroatoms. The predicted octanol–water partition coefficient (Wildman–Crippen LogP) is 3.80. The van der Waals surface area contributed by atoms with Gasteiger partial charge in [-0.05, 0) is 30.7 Å². The van der Waals surface area contributed by atoms with Gasteiger partial charge >= 0.3 is 0 Å². The topological polar surface area (TPSA) is 67.0 Å². The van der Waals surface area contributed by atoms with E-state index >= 15 is 0 Å². The molecule has 3 aromatic rings. The number of hydrogen-bond acceptors (Lipinski definition) is 3. The maximum Gasteiger partial charge on any atom is 0.231 e. The van der Waals surface area contributed by atoms with Crippen LogP contribution in [0.2, 0.25) is 0 Å². The highest BCUT2D eigenvalue weighted by atomic mass is 16.5. The predicted molar refractivity (Wildman–Crippen MR) is 97.7 cm³/mol. The number of fused-ring (bicyclic) bond motifs is 1. The van der Waals surface area contributed by atoms with Crippen LogP contribution in [0.25, 0.3) is 10.9 Å². The number of benzene rings is 2. The van der Waals surface area contributed by atoms with Crippen molar-refractivity contribution in [2.75, 3.05) is 12.4 Å². The van der Waals surface area contributed by atoms with E-state index in [0.29, 0.717) is 17.0 Å². The van der Waals surface area contributed by atoms with Gasteiger partial charge in [0, 0.05) is 30.2 Å². The van der Waals surface area contributed by atoms with Gasteiger partial charge < -0.3 is 14.6 Å². The lowest BCUT2D eigenvalue weighted by Crippen LogP contribution is -2.19. The number of amides is 1. The first kappa shape index (κ1) is 16.6. The fourth-order valence-corrected chi connectivity index (χ4v) is 2.96. The zero-order chi connectivity index (χ0) is 18.0. The van der Waals surface area contributed by atoms with Crippen molar-refractivity contribution in [3.63, 3.8) is 0 Å². The number of anilines is 1. The summed E-state index contributed by atoms with van der Waals surface area (Å²) in [5.41, 5.74) is 3.10. The van der Waals surface area contributed by atoms with Gasteiger partial charge in [0.05, 0.1) is 30.3 Å². The lowest BCUT2D eigenvalue weighted by molar-refractivity contribution is -0.117. The van der Waals surface area contributed by atoms with Crippen LogP contribution >= 0.6 is 0 Å². The molecule has 0 saturated carbocycles. The van der Waals surface area contributed by atoms with Crippen molar-refractivity contribution >= 4 is 22.5 Å². The van der Waals surface area contributed by atoms with Crippen LogP contribution in [0.1, 0.15) is 24.0 Å². The number of nitriles is 1. The summed E-state index contributed by atoms with van der Waals surface area (Å²) in [5.74, 6) is 0.0170. The molecule has 1 unspecified atom stereocenters. The standard InChI is InChI=1S/C20H19N3O2/c1-13(16-12-23(2)18-7-5-4-6-15(16)18)20(24)22-17-9-8-14(11-21)10-19(17)25-3/h4-10,12-13H,1-3H3,(H,22,24). The first-order valence-electron chi connectivity index (χ1n) is 7.98. The number of methoxy groups -OCH3 is 1. The molecule has 1 aromatic heterocycles. The van der Waals surface area contributed by atoms with E-state index in [9.17, 15) is 4.79 Å². The zero-order valence-corrected chi connectivity index (χ0v) is 14.4. The van der Waals surface area contributed by atoms with Crippen LogP contribution in [0, 0.1) is 11.3 Å². The van der Waals surface area contributed by atoms with Gasteiger partial charge in [-0.25, -0.2) is 0 Å². The SMILES string of the molecule is COc1cc(C#N)ccc1NC(=O)C(C)c1cn(C)c2ccccc12. The van der Waals surface area contributed by atoms with E-state index < -0.39 is 0 Å². The van der Waals surface area contributed by atoms with E-state index in [4.69, 9.17) is 10.00 Å². The molecule has 1 amide bonds. The molecule has 0 aliphatic heterocycles. The molecule has 0 spiro atoms. The number of nitrogens with zero attached hydrogens (tertiary/aromatic N) is 2. The molecule has 5 nitrogen and oxygen atoms in total. The molecular weight excluding hydrogens is 314 g/mol. The summed E-state index contributed by atoms with van der Waals surface area (Å²) in [4.78, 5) is 12.7. The monoisotopic (exact) mass is 333 g/mol. The van der Waals surface area contributed by atoms with Crippen LogP contribution in [-0.4, -0.2) is 17.6 Å². The van der Waals surface area contributed by atoms with E-state index in [-0.39, 0.29) is 11.8 Å². The van der Waals surface area contributed by atoms with Crippen molar-refractivity contribution in [3.8, 4) is 11.8 Å². The van der Waals surface area contributed by atoms with Crippen LogP contribution in [-0.2, 0) is 11.8 Å². The largest absolute Gasteiger partial charge is 0.495 e. The number of rotatable bonds is 4. The quantitative estimate of drug-likeness (QED) is 0.789. The number of carbonyl (C=O) groups is 1. The third-order valence-electron chi connectivity index (χ3n) is 4.38. The Bertz CT molecular complexity index is 982. The summed E-state index contributed by atoms with van der Waals surface area (Å²) < 4.78 is 7.30. The van der Waals surface area contributed by atoms with Gasteiger partial charge in [-0.2, -0.15) is 5.26 Å². The van der Waals surface area contributed by atoms with Gasteiger partial charge in [0.25, 0.3) is 0 Å². The highest BCUT2D eigenvalue weighted by Crippen LogP contribution is 2.30. The second kappa shape index (κ2) is 6.70. The number of ether oxygens (including phenoxy) is 1. The fourth-order valence-electron chi connectivity index (χ4n) is 2.96. The molecule has 0 aliphatic rings. The molecule has 3 rings (SSSR count). The number of aryl methyl sites for hydroxylation is 1. The van der Waals surface area contributed by atoms with E-state index in [1.165, 1.54) is 7.11 Å². The molecule has 1 N–H and O–H groups in total. The summed E-state index contributed by atoms with van der Waals surface area (Å²) in [6.45, 7) is 1.88. The molecule has 0 aliphatic carbocycles. The lowest BCUT2D eigenvalue weighted by atomic mass is 9.99. The first-order valence-corrected chi connectivity index (χ1v) is 7.98. The van der Waals surface area contributed by atoms with Gasteiger partial charge in [-0.15, -0.1) is 0 Å². The van der Waals surface area contributed by atoms with Crippen molar-refractivity contribution in [1.82, 2.24) is 4.57 Å². The number of hydrogen-bond donors (Lipinski definition) is 1. The van der Waals surface area contributed by atoms with E-state index in [1.807, 2.05) is 49.0 Å². The van der Waals surface area contributed by atoms with Gasteiger partial charge in [0.15, 0.2) is 0 Å². The van der Waals surface area contributed by atoms with Crippen LogP contribution in [0.3, 0.4) is 0 Å². The van der Waals surface area contributed by atoms with Gasteiger partial charge in [0.2, 0.25) is 5.91 Å². The Kier molecular flexibility index (Phi) is 4.44. The molecule has 1 heterocycles. The Morgan fingerprint density at radius 2 is 2.04 bits per heavy atom. The molecular formula is C20H19N3O2. The number of nitrogens with one attached hydrogen (secondary N) is 1. The molecule has 0 saturated heterocycles. The summed E-state index contributed by atoms with van der Waals surface area (Å²) in [6.07, 6.45) is 1.99. The van der Waals surface area contributed by atoms with Crippen molar-refractivity contribution < 1.29 is 9.53 Å². The Morgan fingerprint density at radius 1 is 1.28 bits per heavy atom. The fraction of sp³-hybridized carbons (Fsp3) is 0.200. The second-order valence-electron chi connectivity index (χ2n) is 5.95. The summed E-state index contributed by atoms with van der Waals surface area (Å²) in [6, 6.07) is 15.0. The third-order valence-corrected chi connectivity index (χ3v) is 4.38. The number of para-hydroxylation sites is 1. The van der Waals surface area contributed by atoms with Gasteiger partial charge in [0.1, 0.15) is 5.75 Å². The smallest absolute Gasteiger partial charge is 0.231 e. The highest BCUT2D eigenvalue weighted by Gasteiger charge is 2.21. The first-order chi connectivity index (χ1) is 12.0. The van der Waals surface area contributed by atoms with Crippen LogP contribution in [0.4, 0.5) is 5.69 Å². The van der Waals surface area contributed by atoms with Crippen molar-refractivity contribution in [1.29, 1.82) is 5.26 Å². The zero-order valence-electron chi connectivity index (χ0n) is 14.4. The van der Waals surface area contributed by atoms with Crippen LogP contribution in [0.15, 0.2) is 48.7 Å². The van der Waals surface area contributed by atoms with E-state index in [0.717, 1.165) is 16.5 Å². The summed E-state index contributed by atoms with van der Waals surface area (Å²) in [5, 5.41) is 12.9. The Hall–Kier alpha value is -3.26. The minimum atomic E-state index is -0.327. The Morgan fingerprint density at radius 3 is 2.76 bits per heavy atom. The number of aromatic nitrogens is 1. The average molecular weight is 333 g/mol. The summed E-state index contributed by atoms with van der Waals surface area (Å²) in [7, 11) is 3.49. The van der Waals surface area contributed by atoms with E-state index in [2.05, 4.69) is 11.4 Å². The molecule has 2 aromatic carbocycles. The van der Waals surface area contributed by atoms with Crippen LogP contribution in [0.5, 0.6) is 5.75 Å². The Balaban J connectivity index is 1.90. The van der Waals surface area contributed by atoms with Crippen molar-refractivity contribution in [3.05, 3.63) is 59.8 Å².